The Labute approximate surface area is 125 Å². The Morgan fingerprint density at radius 3 is 2.35 bits per heavy atom. The van der Waals surface area contributed by atoms with Crippen LogP contribution in [-0.4, -0.2) is 36.0 Å². The van der Waals surface area contributed by atoms with Gasteiger partial charge in [-0.2, -0.15) is 0 Å². The maximum atomic E-state index is 12.7. The molecule has 0 bridgehead atoms. The average molecular weight is 282 g/mol. The van der Waals surface area contributed by atoms with Crippen LogP contribution in [0.5, 0.6) is 0 Å². The SMILES string of the molecule is CCCCCN(C(=O)CC1(NC)CCCCC1)C(C)C. The second kappa shape index (κ2) is 8.66. The van der Waals surface area contributed by atoms with Gasteiger partial charge in [-0.15, -0.1) is 0 Å². The summed E-state index contributed by atoms with van der Waals surface area (Å²) < 4.78 is 0. The van der Waals surface area contributed by atoms with Gasteiger partial charge in [-0.3, -0.25) is 4.79 Å². The fraction of sp³-hybridized carbons (Fsp3) is 0.941. The van der Waals surface area contributed by atoms with Crippen molar-refractivity contribution in [1.29, 1.82) is 0 Å². The molecule has 0 aromatic carbocycles. The van der Waals surface area contributed by atoms with Gasteiger partial charge in [-0.25, -0.2) is 0 Å². The van der Waals surface area contributed by atoms with Gasteiger partial charge in [0.2, 0.25) is 5.91 Å². The number of rotatable bonds is 8. The predicted octanol–water partition coefficient (Wildman–Crippen LogP) is 3.73. The minimum absolute atomic E-state index is 0.0627. The van der Waals surface area contributed by atoms with Crippen molar-refractivity contribution in [3.63, 3.8) is 0 Å². The van der Waals surface area contributed by atoms with Crippen LogP contribution in [0.1, 0.15) is 78.6 Å². The van der Waals surface area contributed by atoms with Crippen LogP contribution >= 0.6 is 0 Å². The first-order valence-corrected chi connectivity index (χ1v) is 8.53. The Balaban J connectivity index is 2.59. The second-order valence-electron chi connectivity index (χ2n) is 6.66. The molecule has 0 unspecified atom stereocenters. The van der Waals surface area contributed by atoms with E-state index < -0.39 is 0 Å². The van der Waals surface area contributed by atoms with Crippen molar-refractivity contribution < 1.29 is 4.79 Å². The van der Waals surface area contributed by atoms with Gasteiger partial charge < -0.3 is 10.2 Å². The fourth-order valence-electron chi connectivity index (χ4n) is 3.34. The average Bonchev–Trinajstić information content (AvgIpc) is 2.44. The molecule has 0 saturated heterocycles. The normalized spacial score (nSPS) is 18.2. The highest BCUT2D eigenvalue weighted by Crippen LogP contribution is 2.31. The second-order valence-corrected chi connectivity index (χ2v) is 6.66. The molecule has 3 nitrogen and oxygen atoms in total. The predicted molar refractivity (Wildman–Crippen MR) is 85.9 cm³/mol. The lowest BCUT2D eigenvalue weighted by Gasteiger charge is -2.39. The molecule has 0 aromatic heterocycles. The van der Waals surface area contributed by atoms with Crippen LogP contribution in [-0.2, 0) is 4.79 Å². The number of nitrogens with one attached hydrogen (secondary N) is 1. The summed E-state index contributed by atoms with van der Waals surface area (Å²) in [6.07, 6.45) is 10.4. The molecule has 3 heteroatoms. The maximum Gasteiger partial charge on any atom is 0.224 e. The van der Waals surface area contributed by atoms with Crippen LogP contribution in [0.2, 0.25) is 0 Å². The lowest BCUT2D eigenvalue weighted by Crippen LogP contribution is -2.50. The molecule has 1 saturated carbocycles. The number of hydrogen-bond donors (Lipinski definition) is 1. The van der Waals surface area contributed by atoms with Crippen LogP contribution in [0.15, 0.2) is 0 Å². The standard InChI is InChI=1S/C17H34N2O/c1-5-6-10-13-19(15(2)3)16(20)14-17(18-4)11-8-7-9-12-17/h15,18H,5-14H2,1-4H3. The van der Waals surface area contributed by atoms with Gasteiger partial charge in [0.25, 0.3) is 0 Å². The van der Waals surface area contributed by atoms with Crippen molar-refractivity contribution >= 4 is 5.91 Å². The van der Waals surface area contributed by atoms with Crippen LogP contribution < -0.4 is 5.32 Å². The maximum absolute atomic E-state index is 12.7. The third-order valence-corrected chi connectivity index (χ3v) is 4.78. The summed E-state index contributed by atoms with van der Waals surface area (Å²) in [5.41, 5.74) is 0.0627. The Morgan fingerprint density at radius 2 is 1.85 bits per heavy atom. The number of carbonyl (C=O) groups excluding carboxylic acids is 1. The van der Waals surface area contributed by atoms with Crippen molar-refractivity contribution in [1.82, 2.24) is 10.2 Å². The fourth-order valence-corrected chi connectivity index (χ4v) is 3.34. The molecule has 0 aliphatic heterocycles. The number of amides is 1. The Hall–Kier alpha value is -0.570. The largest absolute Gasteiger partial charge is 0.340 e. The minimum Gasteiger partial charge on any atom is -0.340 e. The van der Waals surface area contributed by atoms with E-state index in [2.05, 4.69) is 31.0 Å². The van der Waals surface area contributed by atoms with Crippen molar-refractivity contribution in [2.24, 2.45) is 0 Å². The lowest BCUT2D eigenvalue weighted by molar-refractivity contribution is -0.135. The first kappa shape index (κ1) is 17.5. The van der Waals surface area contributed by atoms with E-state index in [1.807, 2.05) is 7.05 Å². The van der Waals surface area contributed by atoms with Gasteiger partial charge in [-0.1, -0.05) is 39.0 Å². The number of carbonyl (C=O) groups is 1. The van der Waals surface area contributed by atoms with E-state index in [1.54, 1.807) is 0 Å². The summed E-state index contributed by atoms with van der Waals surface area (Å²) in [5.74, 6) is 0.340. The number of hydrogen-bond acceptors (Lipinski definition) is 2. The summed E-state index contributed by atoms with van der Waals surface area (Å²) in [5, 5.41) is 3.46. The molecule has 1 N–H and O–H groups in total. The highest BCUT2D eigenvalue weighted by Gasteiger charge is 2.34. The Morgan fingerprint density at radius 1 is 1.20 bits per heavy atom. The lowest BCUT2D eigenvalue weighted by atomic mass is 9.79. The zero-order chi connectivity index (χ0) is 15.0. The quantitative estimate of drug-likeness (QED) is 0.688. The molecule has 0 spiro atoms. The molecule has 0 heterocycles. The van der Waals surface area contributed by atoms with E-state index >= 15 is 0 Å². The molecular formula is C17H34N2O. The van der Waals surface area contributed by atoms with E-state index in [0.717, 1.165) is 25.8 Å². The summed E-state index contributed by atoms with van der Waals surface area (Å²) in [7, 11) is 2.02. The monoisotopic (exact) mass is 282 g/mol. The highest BCUT2D eigenvalue weighted by molar-refractivity contribution is 5.77. The number of unbranched alkanes of at least 4 members (excludes halogenated alkanes) is 2. The van der Waals surface area contributed by atoms with Crippen molar-refractivity contribution in [2.75, 3.05) is 13.6 Å². The van der Waals surface area contributed by atoms with Crippen LogP contribution in [0.4, 0.5) is 0 Å². The van der Waals surface area contributed by atoms with Gasteiger partial charge in [0, 0.05) is 24.5 Å². The van der Waals surface area contributed by atoms with E-state index in [1.165, 1.54) is 32.1 Å². The first-order chi connectivity index (χ1) is 9.54. The van der Waals surface area contributed by atoms with Gasteiger partial charge >= 0.3 is 0 Å². The molecule has 118 valence electrons. The van der Waals surface area contributed by atoms with E-state index in [0.29, 0.717) is 18.4 Å². The van der Waals surface area contributed by atoms with Gasteiger partial charge in [0.05, 0.1) is 0 Å². The molecular weight excluding hydrogens is 248 g/mol. The zero-order valence-electron chi connectivity index (χ0n) is 14.0. The van der Waals surface area contributed by atoms with Crippen molar-refractivity contribution in [3.05, 3.63) is 0 Å². The zero-order valence-corrected chi connectivity index (χ0v) is 14.0. The third-order valence-electron chi connectivity index (χ3n) is 4.78. The molecule has 1 amide bonds. The smallest absolute Gasteiger partial charge is 0.224 e. The van der Waals surface area contributed by atoms with Crippen LogP contribution in [0.25, 0.3) is 0 Å². The third kappa shape index (κ3) is 5.08. The Kier molecular flexibility index (Phi) is 7.57. The molecule has 1 aliphatic rings. The minimum atomic E-state index is 0.0627. The molecule has 0 radical (unpaired) electrons. The first-order valence-electron chi connectivity index (χ1n) is 8.53. The van der Waals surface area contributed by atoms with Gasteiger partial charge in [-0.05, 0) is 40.2 Å². The summed E-state index contributed by atoms with van der Waals surface area (Å²) in [4.78, 5) is 14.8. The highest BCUT2D eigenvalue weighted by atomic mass is 16.2. The Bertz CT molecular complexity index is 283. The van der Waals surface area contributed by atoms with E-state index in [4.69, 9.17) is 0 Å². The summed E-state index contributed by atoms with van der Waals surface area (Å²) in [6, 6.07) is 0.317. The van der Waals surface area contributed by atoms with Crippen molar-refractivity contribution in [3.8, 4) is 0 Å². The molecule has 1 aliphatic carbocycles. The van der Waals surface area contributed by atoms with Gasteiger partial charge in [0.1, 0.15) is 0 Å². The molecule has 1 fully saturated rings. The molecule has 1 rings (SSSR count). The topological polar surface area (TPSA) is 32.3 Å². The molecule has 20 heavy (non-hydrogen) atoms. The van der Waals surface area contributed by atoms with Crippen molar-refractivity contribution in [2.45, 2.75) is 90.1 Å². The summed E-state index contributed by atoms with van der Waals surface area (Å²) >= 11 is 0. The number of nitrogens with zero attached hydrogens (tertiary/aromatic N) is 1. The van der Waals surface area contributed by atoms with E-state index in [9.17, 15) is 4.79 Å². The summed E-state index contributed by atoms with van der Waals surface area (Å²) in [6.45, 7) is 7.40. The van der Waals surface area contributed by atoms with Gasteiger partial charge in [0.15, 0.2) is 0 Å². The van der Waals surface area contributed by atoms with Crippen LogP contribution in [0.3, 0.4) is 0 Å². The molecule has 0 aromatic rings. The van der Waals surface area contributed by atoms with Crippen LogP contribution in [0, 0.1) is 0 Å². The molecule has 0 atom stereocenters. The van der Waals surface area contributed by atoms with E-state index in [-0.39, 0.29) is 5.54 Å².